The Balaban J connectivity index is 1.24. The second kappa shape index (κ2) is 11.4. The fourth-order valence-corrected chi connectivity index (χ4v) is 5.55. The summed E-state index contributed by atoms with van der Waals surface area (Å²) in [6, 6.07) is 15.9. The molecule has 4 rings (SSSR count). The van der Waals surface area contributed by atoms with Crippen molar-refractivity contribution < 1.29 is 24.2 Å². The summed E-state index contributed by atoms with van der Waals surface area (Å²) in [6.45, 7) is 2.33. The van der Waals surface area contributed by atoms with Gasteiger partial charge in [0, 0.05) is 24.9 Å². The summed E-state index contributed by atoms with van der Waals surface area (Å²) in [5.41, 5.74) is 4.63. The first kappa shape index (κ1) is 24.8. The van der Waals surface area contributed by atoms with Crippen LogP contribution < -0.4 is 10.6 Å². The molecule has 2 amide bonds. The normalized spacial score (nSPS) is 16.7. The van der Waals surface area contributed by atoms with E-state index >= 15 is 0 Å². The van der Waals surface area contributed by atoms with Crippen molar-refractivity contribution >= 4 is 18.0 Å². The van der Waals surface area contributed by atoms with Gasteiger partial charge in [-0.15, -0.1) is 0 Å². The van der Waals surface area contributed by atoms with Gasteiger partial charge in [0.15, 0.2) is 0 Å². The molecular weight excluding hydrogens is 444 g/mol. The lowest BCUT2D eigenvalue weighted by molar-refractivity contribution is -0.138. The molecule has 1 fully saturated rings. The molecule has 2 aromatic rings. The van der Waals surface area contributed by atoms with Crippen molar-refractivity contribution in [3.63, 3.8) is 0 Å². The minimum absolute atomic E-state index is 0.0199. The summed E-state index contributed by atoms with van der Waals surface area (Å²) in [7, 11) is 0. The summed E-state index contributed by atoms with van der Waals surface area (Å²) >= 11 is 0. The molecule has 1 saturated carbocycles. The van der Waals surface area contributed by atoms with Gasteiger partial charge in [-0.2, -0.15) is 0 Å². The third-order valence-electron chi connectivity index (χ3n) is 7.26. The van der Waals surface area contributed by atoms with Gasteiger partial charge in [-0.1, -0.05) is 74.2 Å². The van der Waals surface area contributed by atoms with E-state index in [1.165, 1.54) is 11.1 Å². The van der Waals surface area contributed by atoms with E-state index in [9.17, 15) is 19.5 Å². The molecule has 2 aromatic carbocycles. The molecule has 2 atom stereocenters. The van der Waals surface area contributed by atoms with Crippen molar-refractivity contribution in [2.75, 3.05) is 13.2 Å². The number of fused-ring (bicyclic) bond motifs is 3. The molecule has 0 radical (unpaired) electrons. The molecule has 0 saturated heterocycles. The minimum Gasteiger partial charge on any atom is -0.481 e. The van der Waals surface area contributed by atoms with Crippen molar-refractivity contribution in [1.29, 1.82) is 0 Å². The summed E-state index contributed by atoms with van der Waals surface area (Å²) in [5, 5.41) is 14.8. The van der Waals surface area contributed by atoms with E-state index in [0.29, 0.717) is 12.5 Å². The molecule has 3 N–H and O–H groups in total. The van der Waals surface area contributed by atoms with Crippen LogP contribution in [0.1, 0.15) is 62.5 Å². The molecular formula is C28H34N2O5. The van der Waals surface area contributed by atoms with Gasteiger partial charge in [-0.3, -0.25) is 9.59 Å². The van der Waals surface area contributed by atoms with Crippen molar-refractivity contribution in [3.05, 3.63) is 59.7 Å². The van der Waals surface area contributed by atoms with Gasteiger partial charge < -0.3 is 20.5 Å². The fourth-order valence-electron chi connectivity index (χ4n) is 5.55. The van der Waals surface area contributed by atoms with E-state index in [4.69, 9.17) is 4.74 Å². The highest BCUT2D eigenvalue weighted by atomic mass is 16.5. The standard InChI is InChI=1S/C28H34N2O5/c1-18(14-26(31)29-16-20(15-27(32)33)19-8-2-3-9-19)30-28(34)35-17-25-23-12-6-4-10-21(23)22-11-5-7-13-24(22)25/h4-7,10-13,18-20,25H,2-3,8-9,14-17H2,1H3,(H,29,31)(H,30,34)(H,32,33)/t18-,20?/m1/s1. The highest BCUT2D eigenvalue weighted by molar-refractivity contribution is 5.79. The van der Waals surface area contributed by atoms with E-state index in [1.54, 1.807) is 6.92 Å². The molecule has 1 unspecified atom stereocenters. The Bertz CT molecular complexity index is 1020. The highest BCUT2D eigenvalue weighted by Crippen LogP contribution is 2.44. The third-order valence-corrected chi connectivity index (χ3v) is 7.26. The van der Waals surface area contributed by atoms with Gasteiger partial charge in [-0.25, -0.2) is 4.79 Å². The number of alkyl carbamates (subject to hydrolysis) is 1. The van der Waals surface area contributed by atoms with Crippen LogP contribution >= 0.6 is 0 Å². The molecule has 2 aliphatic rings. The summed E-state index contributed by atoms with van der Waals surface area (Å²) < 4.78 is 5.55. The lowest BCUT2D eigenvalue weighted by atomic mass is 9.88. The first-order valence-corrected chi connectivity index (χ1v) is 12.5. The number of carbonyl (C=O) groups excluding carboxylic acids is 2. The van der Waals surface area contributed by atoms with Crippen LogP contribution in [-0.4, -0.2) is 42.3 Å². The second-order valence-corrected chi connectivity index (χ2v) is 9.78. The van der Waals surface area contributed by atoms with E-state index in [0.717, 1.165) is 36.8 Å². The molecule has 0 aromatic heterocycles. The molecule has 0 bridgehead atoms. The number of hydrogen-bond acceptors (Lipinski definition) is 4. The maximum atomic E-state index is 12.4. The fraction of sp³-hybridized carbons (Fsp3) is 0.464. The topological polar surface area (TPSA) is 105 Å². The molecule has 7 heteroatoms. The Kier molecular flexibility index (Phi) is 8.06. The van der Waals surface area contributed by atoms with Gasteiger partial charge >= 0.3 is 12.1 Å². The Hall–Kier alpha value is -3.35. The Morgan fingerprint density at radius 3 is 2.17 bits per heavy atom. The van der Waals surface area contributed by atoms with Crippen molar-refractivity contribution in [2.45, 2.75) is 57.4 Å². The molecule has 0 aliphatic heterocycles. The van der Waals surface area contributed by atoms with E-state index in [2.05, 4.69) is 34.9 Å². The summed E-state index contributed by atoms with van der Waals surface area (Å²) in [6.07, 6.45) is 3.90. The van der Waals surface area contributed by atoms with E-state index in [-0.39, 0.29) is 37.2 Å². The Labute approximate surface area is 206 Å². The van der Waals surface area contributed by atoms with Crippen LogP contribution in [0.25, 0.3) is 11.1 Å². The lowest BCUT2D eigenvalue weighted by Crippen LogP contribution is -2.40. The number of carbonyl (C=O) groups is 3. The second-order valence-electron chi connectivity index (χ2n) is 9.78. The van der Waals surface area contributed by atoms with Crippen LogP contribution in [0, 0.1) is 11.8 Å². The van der Waals surface area contributed by atoms with Crippen LogP contribution in [0.4, 0.5) is 4.79 Å². The van der Waals surface area contributed by atoms with E-state index < -0.39 is 18.1 Å². The number of aliphatic carboxylic acids is 1. The van der Waals surface area contributed by atoms with Crippen LogP contribution in [-0.2, 0) is 14.3 Å². The lowest BCUT2D eigenvalue weighted by Gasteiger charge is -2.22. The van der Waals surface area contributed by atoms with Crippen LogP contribution in [0.15, 0.2) is 48.5 Å². The molecule has 7 nitrogen and oxygen atoms in total. The van der Waals surface area contributed by atoms with Gasteiger partial charge in [0.25, 0.3) is 0 Å². The first-order chi connectivity index (χ1) is 16.9. The Morgan fingerprint density at radius 2 is 1.57 bits per heavy atom. The molecule has 0 spiro atoms. The third kappa shape index (κ3) is 6.21. The molecule has 0 heterocycles. The van der Waals surface area contributed by atoms with E-state index in [1.807, 2.05) is 24.3 Å². The average molecular weight is 479 g/mol. The molecule has 35 heavy (non-hydrogen) atoms. The van der Waals surface area contributed by atoms with Crippen LogP contribution in [0.3, 0.4) is 0 Å². The monoisotopic (exact) mass is 478 g/mol. The van der Waals surface area contributed by atoms with Crippen LogP contribution in [0.2, 0.25) is 0 Å². The van der Waals surface area contributed by atoms with Gasteiger partial charge in [-0.05, 0) is 41.0 Å². The zero-order valence-corrected chi connectivity index (χ0v) is 20.2. The Morgan fingerprint density at radius 1 is 0.971 bits per heavy atom. The highest BCUT2D eigenvalue weighted by Gasteiger charge is 2.30. The van der Waals surface area contributed by atoms with Crippen molar-refractivity contribution in [2.24, 2.45) is 11.8 Å². The minimum atomic E-state index is -0.832. The number of carboxylic acid groups (broad SMARTS) is 1. The number of rotatable bonds is 10. The first-order valence-electron chi connectivity index (χ1n) is 12.5. The predicted octanol–water partition coefficient (Wildman–Crippen LogP) is 4.70. The quantitative estimate of drug-likeness (QED) is 0.459. The van der Waals surface area contributed by atoms with Crippen molar-refractivity contribution in [3.8, 4) is 11.1 Å². The summed E-state index contributed by atoms with van der Waals surface area (Å²) in [5.74, 6) is -0.757. The number of hydrogen-bond donors (Lipinski definition) is 3. The smallest absolute Gasteiger partial charge is 0.407 e. The number of benzene rings is 2. The number of ether oxygens (including phenoxy) is 1. The molecule has 2 aliphatic carbocycles. The zero-order chi connectivity index (χ0) is 24.8. The van der Waals surface area contributed by atoms with Gasteiger partial charge in [0.2, 0.25) is 5.91 Å². The summed E-state index contributed by atoms with van der Waals surface area (Å²) in [4.78, 5) is 36.1. The number of amides is 2. The molecule has 186 valence electrons. The van der Waals surface area contributed by atoms with Gasteiger partial charge in [0.05, 0.1) is 6.42 Å². The predicted molar refractivity (Wildman–Crippen MR) is 133 cm³/mol. The van der Waals surface area contributed by atoms with Crippen molar-refractivity contribution in [1.82, 2.24) is 10.6 Å². The average Bonchev–Trinajstić information content (AvgIpc) is 3.47. The largest absolute Gasteiger partial charge is 0.481 e. The number of carboxylic acids is 1. The maximum absolute atomic E-state index is 12.4. The van der Waals surface area contributed by atoms with Crippen LogP contribution in [0.5, 0.6) is 0 Å². The SMILES string of the molecule is C[C@H](CC(=O)NCC(CC(=O)O)C1CCCC1)NC(=O)OCC1c2ccccc2-c2ccccc21. The maximum Gasteiger partial charge on any atom is 0.407 e. The number of nitrogens with one attached hydrogen (secondary N) is 2. The van der Waals surface area contributed by atoms with Gasteiger partial charge in [0.1, 0.15) is 6.61 Å². The zero-order valence-electron chi connectivity index (χ0n) is 20.2.